The molecule has 3 N–H and O–H groups in total. The second-order valence-electron chi connectivity index (χ2n) is 6.47. The molecule has 0 atom stereocenters. The van der Waals surface area contributed by atoms with E-state index >= 15 is 0 Å². The van der Waals surface area contributed by atoms with Crippen LogP contribution in [-0.2, 0) is 12.8 Å². The van der Waals surface area contributed by atoms with Crippen LogP contribution in [0.3, 0.4) is 0 Å². The molecule has 146 valence electrons. The van der Waals surface area contributed by atoms with E-state index in [2.05, 4.69) is 15.3 Å². The number of aryl methyl sites for hydroxylation is 1. The zero-order valence-corrected chi connectivity index (χ0v) is 17.0. The van der Waals surface area contributed by atoms with Gasteiger partial charge in [-0.15, -0.1) is 11.3 Å². The summed E-state index contributed by atoms with van der Waals surface area (Å²) in [7, 11) is 3.12. The summed E-state index contributed by atoms with van der Waals surface area (Å²) in [4.78, 5) is 22.0. The maximum atomic E-state index is 12.2. The number of nitrogens with two attached hydrogens (primary N) is 1. The molecule has 4 rings (SSSR count). The lowest BCUT2D eigenvalue weighted by molar-refractivity contribution is 0.100. The highest BCUT2D eigenvalue weighted by Gasteiger charge is 2.25. The minimum absolute atomic E-state index is 0.0872. The van der Waals surface area contributed by atoms with Crippen LogP contribution in [0.15, 0.2) is 12.1 Å². The van der Waals surface area contributed by atoms with Crippen molar-refractivity contribution in [3.05, 3.63) is 33.4 Å². The van der Waals surface area contributed by atoms with Crippen molar-refractivity contribution >= 4 is 50.6 Å². The van der Waals surface area contributed by atoms with Crippen LogP contribution in [0.2, 0.25) is 5.28 Å². The van der Waals surface area contributed by atoms with Crippen molar-refractivity contribution in [3.63, 3.8) is 0 Å². The highest BCUT2D eigenvalue weighted by Crippen LogP contribution is 2.41. The maximum absolute atomic E-state index is 12.2. The predicted molar refractivity (Wildman–Crippen MR) is 110 cm³/mol. The van der Waals surface area contributed by atoms with Gasteiger partial charge in [0.1, 0.15) is 10.8 Å². The van der Waals surface area contributed by atoms with E-state index in [4.69, 9.17) is 26.8 Å². The van der Waals surface area contributed by atoms with Gasteiger partial charge in [-0.25, -0.2) is 4.98 Å². The fourth-order valence-electron chi connectivity index (χ4n) is 3.54. The van der Waals surface area contributed by atoms with Crippen molar-refractivity contribution in [3.8, 4) is 11.5 Å². The van der Waals surface area contributed by atoms with Crippen LogP contribution in [0.4, 0.5) is 10.8 Å². The Morgan fingerprint density at radius 3 is 2.61 bits per heavy atom. The number of carbonyl (C=O) groups is 1. The largest absolute Gasteiger partial charge is 0.493 e. The van der Waals surface area contributed by atoms with Crippen molar-refractivity contribution in [2.45, 2.75) is 25.7 Å². The number of amides is 1. The smallest absolute Gasteiger partial charge is 0.251 e. The molecule has 0 unspecified atom stereocenters. The molecule has 1 aromatic carbocycles. The number of benzene rings is 1. The standard InChI is InChI=1S/C19H19ClN4O3S/c1-26-12-7-10-11(8-13(12)27-2)22-19(20)24-17(10)23-18-15(16(21)25)9-5-3-4-6-14(9)28-18/h7-8H,3-6H2,1-2H3,(H2,21,25)(H,22,23,24). The molecular formula is C19H19ClN4O3S. The molecule has 0 saturated heterocycles. The average Bonchev–Trinajstić information content (AvgIpc) is 3.04. The van der Waals surface area contributed by atoms with Gasteiger partial charge in [-0.05, 0) is 48.9 Å². The molecule has 3 aromatic rings. The minimum Gasteiger partial charge on any atom is -0.493 e. The van der Waals surface area contributed by atoms with Crippen molar-refractivity contribution in [2.24, 2.45) is 5.73 Å². The number of primary amides is 1. The van der Waals surface area contributed by atoms with Crippen LogP contribution >= 0.6 is 22.9 Å². The van der Waals surface area contributed by atoms with Gasteiger partial charge in [-0.1, -0.05) is 0 Å². The van der Waals surface area contributed by atoms with Gasteiger partial charge < -0.3 is 20.5 Å². The zero-order chi connectivity index (χ0) is 19.8. The lowest BCUT2D eigenvalue weighted by atomic mass is 9.95. The number of nitrogens with zero attached hydrogens (tertiary/aromatic N) is 2. The van der Waals surface area contributed by atoms with E-state index in [-0.39, 0.29) is 5.28 Å². The van der Waals surface area contributed by atoms with E-state index in [1.807, 2.05) is 0 Å². The third-order valence-electron chi connectivity index (χ3n) is 4.82. The third-order valence-corrected chi connectivity index (χ3v) is 6.20. The van der Waals surface area contributed by atoms with Crippen molar-refractivity contribution in [1.82, 2.24) is 9.97 Å². The van der Waals surface area contributed by atoms with E-state index in [9.17, 15) is 4.79 Å². The normalized spacial score (nSPS) is 13.2. The molecule has 1 aliphatic rings. The fraction of sp³-hybridized carbons (Fsp3) is 0.316. The number of hydrogen-bond donors (Lipinski definition) is 2. The van der Waals surface area contributed by atoms with Crippen molar-refractivity contribution < 1.29 is 14.3 Å². The van der Waals surface area contributed by atoms with Crippen molar-refractivity contribution in [1.29, 1.82) is 0 Å². The number of fused-ring (bicyclic) bond motifs is 2. The summed E-state index contributed by atoms with van der Waals surface area (Å²) in [6.45, 7) is 0. The highest BCUT2D eigenvalue weighted by molar-refractivity contribution is 7.16. The lowest BCUT2D eigenvalue weighted by Crippen LogP contribution is -2.15. The number of rotatable bonds is 5. The molecule has 0 saturated carbocycles. The number of anilines is 2. The molecule has 0 fully saturated rings. The fourth-order valence-corrected chi connectivity index (χ4v) is 5.01. The predicted octanol–water partition coefficient (Wildman–Crippen LogP) is 4.08. The van der Waals surface area contributed by atoms with E-state index in [1.165, 1.54) is 4.88 Å². The Morgan fingerprint density at radius 1 is 1.18 bits per heavy atom. The van der Waals surface area contributed by atoms with Crippen LogP contribution in [0, 0.1) is 0 Å². The SMILES string of the molecule is COc1cc2nc(Cl)nc(Nc3sc4c(c3C(N)=O)CCCC4)c2cc1OC. The number of carbonyl (C=O) groups excluding carboxylic acids is 1. The topological polar surface area (TPSA) is 99.4 Å². The van der Waals surface area contributed by atoms with Gasteiger partial charge in [0.25, 0.3) is 5.91 Å². The molecule has 0 bridgehead atoms. The van der Waals surface area contributed by atoms with Crippen LogP contribution in [0.1, 0.15) is 33.6 Å². The van der Waals surface area contributed by atoms with E-state index in [0.717, 1.165) is 31.2 Å². The summed E-state index contributed by atoms with van der Waals surface area (Å²) in [5.41, 5.74) is 7.89. The molecular weight excluding hydrogens is 400 g/mol. The van der Waals surface area contributed by atoms with Gasteiger partial charge in [-0.2, -0.15) is 4.98 Å². The van der Waals surface area contributed by atoms with E-state index in [0.29, 0.717) is 38.8 Å². The molecule has 1 amide bonds. The second-order valence-corrected chi connectivity index (χ2v) is 7.91. The first-order valence-electron chi connectivity index (χ1n) is 8.82. The monoisotopic (exact) mass is 418 g/mol. The number of thiophene rings is 1. The summed E-state index contributed by atoms with van der Waals surface area (Å²) in [5.74, 6) is 1.13. The number of halogens is 1. The number of nitrogens with one attached hydrogen (secondary N) is 1. The molecule has 28 heavy (non-hydrogen) atoms. The molecule has 9 heteroatoms. The Bertz CT molecular complexity index is 1080. The zero-order valence-electron chi connectivity index (χ0n) is 15.5. The second kappa shape index (κ2) is 7.44. The third kappa shape index (κ3) is 3.22. The Balaban J connectivity index is 1.86. The first-order valence-corrected chi connectivity index (χ1v) is 10.0. The highest BCUT2D eigenvalue weighted by atomic mass is 35.5. The molecule has 0 aliphatic heterocycles. The van der Waals surface area contributed by atoms with Crippen LogP contribution in [-0.4, -0.2) is 30.1 Å². The summed E-state index contributed by atoms with van der Waals surface area (Å²) in [5, 5.41) is 4.74. The maximum Gasteiger partial charge on any atom is 0.251 e. The van der Waals surface area contributed by atoms with Gasteiger partial charge in [-0.3, -0.25) is 4.79 Å². The van der Waals surface area contributed by atoms with E-state index < -0.39 is 5.91 Å². The van der Waals surface area contributed by atoms with Gasteiger partial charge in [0.15, 0.2) is 11.5 Å². The first kappa shape index (κ1) is 18.8. The molecule has 0 radical (unpaired) electrons. The summed E-state index contributed by atoms with van der Waals surface area (Å²) in [6.07, 6.45) is 3.99. The summed E-state index contributed by atoms with van der Waals surface area (Å²) < 4.78 is 10.7. The molecule has 2 heterocycles. The van der Waals surface area contributed by atoms with Gasteiger partial charge in [0, 0.05) is 16.3 Å². The van der Waals surface area contributed by atoms with E-state index in [1.54, 1.807) is 37.7 Å². The van der Waals surface area contributed by atoms with Crippen LogP contribution in [0.25, 0.3) is 10.9 Å². The number of aromatic nitrogens is 2. The number of methoxy groups -OCH3 is 2. The number of hydrogen-bond acceptors (Lipinski definition) is 7. The Morgan fingerprint density at radius 2 is 1.89 bits per heavy atom. The lowest BCUT2D eigenvalue weighted by Gasteiger charge is -2.13. The van der Waals surface area contributed by atoms with Crippen LogP contribution in [0.5, 0.6) is 11.5 Å². The first-order chi connectivity index (χ1) is 13.5. The van der Waals surface area contributed by atoms with Gasteiger partial charge in [0.2, 0.25) is 5.28 Å². The summed E-state index contributed by atoms with van der Waals surface area (Å²) in [6, 6.07) is 3.52. The molecule has 2 aromatic heterocycles. The Kier molecular flexibility index (Phi) is 4.99. The van der Waals surface area contributed by atoms with Crippen LogP contribution < -0.4 is 20.5 Å². The molecule has 0 spiro atoms. The van der Waals surface area contributed by atoms with Gasteiger partial charge in [0.05, 0.1) is 25.3 Å². The molecule has 1 aliphatic carbocycles. The van der Waals surface area contributed by atoms with Crippen molar-refractivity contribution in [2.75, 3.05) is 19.5 Å². The minimum atomic E-state index is -0.439. The average molecular weight is 419 g/mol. The Hall–Kier alpha value is -2.58. The summed E-state index contributed by atoms with van der Waals surface area (Å²) >= 11 is 7.69. The Labute approximate surface area is 170 Å². The number of ether oxygens (including phenoxy) is 2. The quantitative estimate of drug-likeness (QED) is 0.605. The molecule has 7 nitrogen and oxygen atoms in total. The van der Waals surface area contributed by atoms with Gasteiger partial charge >= 0.3 is 0 Å².